The molecule has 0 fully saturated rings. The number of nitrogens with zero attached hydrogens (tertiary/aromatic N) is 3. The first-order valence-electron chi connectivity index (χ1n) is 5.73. The summed E-state index contributed by atoms with van der Waals surface area (Å²) in [6.45, 7) is 3.71. The largest absolute Gasteiger partial charge is 0.365 e. The number of carbonyl (C=O) groups is 1. The quantitative estimate of drug-likeness (QED) is 0.775. The van der Waals surface area contributed by atoms with E-state index in [0.29, 0.717) is 21.3 Å². The molecule has 3 rings (SSSR count). The van der Waals surface area contributed by atoms with E-state index in [4.69, 9.17) is 5.73 Å². The first kappa shape index (κ1) is 12.9. The topological polar surface area (TPSA) is 97.5 Å². The summed E-state index contributed by atoms with van der Waals surface area (Å²) in [5.74, 6) is 0.295. The van der Waals surface area contributed by atoms with Crippen molar-refractivity contribution >= 4 is 28.6 Å². The van der Waals surface area contributed by atoms with Crippen molar-refractivity contribution in [3.05, 3.63) is 28.1 Å². The molecule has 0 aliphatic heterocycles. The van der Waals surface area contributed by atoms with Crippen LogP contribution in [0, 0.1) is 19.4 Å². The first-order chi connectivity index (χ1) is 9.56. The number of nitrogens with one attached hydrogen (secondary N) is 1. The molecule has 0 aliphatic carbocycles. The standard InChI is InChI=1S/C12H10N5OS2/c1-5-9(19-4-15-5)8-10(11(13)18)20-12(17-8)7-3-14-6(2)16-7/h3H,1-2H3,(H2,13,18)(H,14,16). The lowest BCUT2D eigenvalue weighted by Gasteiger charge is -1.95. The van der Waals surface area contributed by atoms with Crippen molar-refractivity contribution in [1.29, 1.82) is 0 Å². The van der Waals surface area contributed by atoms with E-state index in [9.17, 15) is 4.79 Å². The summed E-state index contributed by atoms with van der Waals surface area (Å²) >= 11 is 2.56. The zero-order valence-electron chi connectivity index (χ0n) is 10.7. The number of aryl methyl sites for hydroxylation is 2. The minimum absolute atomic E-state index is 0.418. The van der Waals surface area contributed by atoms with Crippen LogP contribution in [0.2, 0.25) is 0 Å². The van der Waals surface area contributed by atoms with Crippen LogP contribution < -0.4 is 5.73 Å². The molecule has 0 aliphatic rings. The summed E-state index contributed by atoms with van der Waals surface area (Å²) in [6.07, 6.45) is 1.76. The van der Waals surface area contributed by atoms with Gasteiger partial charge in [0.05, 0.1) is 10.6 Å². The normalized spacial score (nSPS) is 10.9. The second kappa shape index (κ2) is 4.80. The molecule has 0 bridgehead atoms. The number of thiazole rings is 2. The lowest BCUT2D eigenvalue weighted by Crippen LogP contribution is -2.10. The Balaban J connectivity index is 2.17. The highest BCUT2D eigenvalue weighted by Crippen LogP contribution is 2.35. The Morgan fingerprint density at radius 3 is 2.75 bits per heavy atom. The van der Waals surface area contributed by atoms with Crippen LogP contribution in [0.15, 0.2) is 6.20 Å². The molecule has 0 spiro atoms. The highest BCUT2D eigenvalue weighted by molar-refractivity contribution is 7.18. The summed E-state index contributed by atoms with van der Waals surface area (Å²) in [5.41, 5.74) is 10.3. The molecule has 20 heavy (non-hydrogen) atoms. The molecule has 0 unspecified atom stereocenters. The number of hydrogen-bond donors (Lipinski definition) is 2. The molecule has 3 aromatic heterocycles. The van der Waals surface area contributed by atoms with Crippen LogP contribution in [0.25, 0.3) is 21.3 Å². The van der Waals surface area contributed by atoms with Crippen LogP contribution >= 0.6 is 22.7 Å². The van der Waals surface area contributed by atoms with Crippen molar-refractivity contribution in [2.45, 2.75) is 13.8 Å². The lowest BCUT2D eigenvalue weighted by molar-refractivity contribution is 0.100. The third-order valence-corrected chi connectivity index (χ3v) is 4.65. The lowest BCUT2D eigenvalue weighted by atomic mass is 10.2. The van der Waals surface area contributed by atoms with Gasteiger partial charge in [-0.2, -0.15) is 0 Å². The number of carbonyl (C=O) groups excluding carboxylic acids is 1. The predicted octanol–water partition coefficient (Wildman–Crippen LogP) is 2.17. The Morgan fingerprint density at radius 1 is 1.40 bits per heavy atom. The minimum atomic E-state index is -0.496. The fourth-order valence-electron chi connectivity index (χ4n) is 1.76. The van der Waals surface area contributed by atoms with Gasteiger partial charge in [0.1, 0.15) is 27.1 Å². The van der Waals surface area contributed by atoms with Crippen molar-refractivity contribution in [2.75, 3.05) is 0 Å². The zero-order valence-corrected chi connectivity index (χ0v) is 12.4. The van der Waals surface area contributed by atoms with Crippen molar-refractivity contribution in [1.82, 2.24) is 19.9 Å². The molecule has 0 saturated carbocycles. The first-order valence-corrected chi connectivity index (χ1v) is 7.36. The maximum Gasteiger partial charge on any atom is 0.261 e. The van der Waals surface area contributed by atoms with Gasteiger partial charge in [-0.25, -0.2) is 15.0 Å². The van der Waals surface area contributed by atoms with Crippen molar-refractivity contribution in [2.24, 2.45) is 5.73 Å². The van der Waals surface area contributed by atoms with Gasteiger partial charge in [-0.15, -0.1) is 22.7 Å². The van der Waals surface area contributed by atoms with Gasteiger partial charge >= 0.3 is 0 Å². The fourth-order valence-corrected chi connectivity index (χ4v) is 3.42. The molecule has 0 atom stereocenters. The number of primary amides is 1. The molecule has 6 nitrogen and oxygen atoms in total. The van der Waals surface area contributed by atoms with Gasteiger partial charge in [0.25, 0.3) is 5.91 Å². The monoisotopic (exact) mass is 304 g/mol. The second-order valence-corrected chi connectivity index (χ2v) is 5.95. The Bertz CT molecular complexity index is 785. The summed E-state index contributed by atoms with van der Waals surface area (Å²) < 4.78 is 0. The van der Waals surface area contributed by atoms with E-state index in [1.165, 1.54) is 22.7 Å². The highest BCUT2D eigenvalue weighted by Gasteiger charge is 2.21. The van der Waals surface area contributed by atoms with Crippen LogP contribution in [0.1, 0.15) is 21.2 Å². The van der Waals surface area contributed by atoms with Crippen LogP contribution in [0.4, 0.5) is 0 Å². The molecular formula is C12H10N5OS2. The number of imidazole rings is 1. The van der Waals surface area contributed by atoms with Gasteiger partial charge in [-0.05, 0) is 13.8 Å². The molecule has 101 valence electrons. The SMILES string of the molecule is Cc1nc(-c2nc(-c3s[c]nc3C)c(C(N)=O)s2)c[nH]1. The Morgan fingerprint density at radius 2 is 2.20 bits per heavy atom. The maximum absolute atomic E-state index is 11.6. The number of rotatable bonds is 3. The van der Waals surface area contributed by atoms with Gasteiger partial charge in [0, 0.05) is 6.20 Å². The highest BCUT2D eigenvalue weighted by atomic mass is 32.1. The molecule has 3 N–H and O–H groups in total. The van der Waals surface area contributed by atoms with Gasteiger partial charge in [-0.3, -0.25) is 4.79 Å². The van der Waals surface area contributed by atoms with E-state index in [1.54, 1.807) is 6.20 Å². The number of hydrogen-bond acceptors (Lipinski definition) is 6. The Kier molecular flexibility index (Phi) is 3.11. The number of amides is 1. The van der Waals surface area contributed by atoms with Crippen molar-refractivity contribution in [3.8, 4) is 21.3 Å². The molecule has 0 aromatic carbocycles. The summed E-state index contributed by atoms with van der Waals surface area (Å²) in [6, 6.07) is 0. The predicted molar refractivity (Wildman–Crippen MR) is 77.6 cm³/mol. The van der Waals surface area contributed by atoms with Gasteiger partial charge in [0.15, 0.2) is 5.51 Å². The van der Waals surface area contributed by atoms with E-state index < -0.39 is 5.91 Å². The molecular weight excluding hydrogens is 294 g/mol. The third kappa shape index (κ3) is 2.12. The number of aromatic nitrogens is 4. The number of nitrogens with two attached hydrogens (primary N) is 1. The molecule has 3 aromatic rings. The summed E-state index contributed by atoms with van der Waals surface area (Å²) in [4.78, 5) is 28.7. The average Bonchev–Trinajstić information content (AvgIpc) is 3.07. The minimum Gasteiger partial charge on any atom is -0.365 e. The van der Waals surface area contributed by atoms with E-state index in [-0.39, 0.29) is 0 Å². The molecule has 8 heteroatoms. The van der Waals surface area contributed by atoms with Crippen molar-refractivity contribution < 1.29 is 4.79 Å². The molecule has 1 radical (unpaired) electrons. The fraction of sp³-hybridized carbons (Fsp3) is 0.167. The van der Waals surface area contributed by atoms with E-state index >= 15 is 0 Å². The number of H-pyrrole nitrogens is 1. The van der Waals surface area contributed by atoms with E-state index in [2.05, 4.69) is 25.4 Å². The third-order valence-electron chi connectivity index (χ3n) is 2.68. The number of aromatic amines is 1. The van der Waals surface area contributed by atoms with Gasteiger partial charge in [0.2, 0.25) is 0 Å². The van der Waals surface area contributed by atoms with Gasteiger partial charge < -0.3 is 10.7 Å². The Labute approximate surface area is 122 Å². The van der Waals surface area contributed by atoms with Crippen LogP contribution in [0.5, 0.6) is 0 Å². The second-order valence-electron chi connectivity index (χ2n) is 4.15. The zero-order chi connectivity index (χ0) is 14.3. The van der Waals surface area contributed by atoms with Gasteiger partial charge in [-0.1, -0.05) is 0 Å². The summed E-state index contributed by atoms with van der Waals surface area (Å²) in [7, 11) is 0. The molecule has 1 amide bonds. The van der Waals surface area contributed by atoms with Crippen LogP contribution in [0.3, 0.4) is 0 Å². The molecule has 0 saturated heterocycles. The summed E-state index contributed by atoms with van der Waals surface area (Å²) in [5, 5.41) is 0.658. The Hall–Kier alpha value is -2.06. The molecule has 3 heterocycles. The smallest absolute Gasteiger partial charge is 0.261 e. The van der Waals surface area contributed by atoms with Crippen LogP contribution in [-0.4, -0.2) is 25.8 Å². The van der Waals surface area contributed by atoms with E-state index in [0.717, 1.165) is 16.4 Å². The van der Waals surface area contributed by atoms with Crippen LogP contribution in [-0.2, 0) is 0 Å². The van der Waals surface area contributed by atoms with E-state index in [1.807, 2.05) is 13.8 Å². The maximum atomic E-state index is 11.6. The van der Waals surface area contributed by atoms with Crippen molar-refractivity contribution in [3.63, 3.8) is 0 Å². The average molecular weight is 304 g/mol.